The Balaban J connectivity index is 2.31. The molecule has 1 aromatic carbocycles. The van der Waals surface area contributed by atoms with Gasteiger partial charge in [0, 0.05) is 0 Å². The van der Waals surface area contributed by atoms with Crippen molar-refractivity contribution in [2.24, 2.45) is 5.92 Å². The van der Waals surface area contributed by atoms with Crippen LogP contribution < -0.4 is 5.32 Å². The van der Waals surface area contributed by atoms with E-state index in [1.54, 1.807) is 6.07 Å². The number of halogens is 1. The Bertz CT molecular complexity index is 336. The Labute approximate surface area is 104 Å². The van der Waals surface area contributed by atoms with Crippen LogP contribution in [0.25, 0.3) is 0 Å². The second-order valence-corrected chi connectivity index (χ2v) is 4.87. The summed E-state index contributed by atoms with van der Waals surface area (Å²) in [5, 5.41) is 3.34. The van der Waals surface area contributed by atoms with Gasteiger partial charge in [-0.05, 0) is 62.4 Å². The lowest BCUT2D eigenvalue weighted by Crippen LogP contribution is -2.16. The van der Waals surface area contributed by atoms with Crippen LogP contribution in [0, 0.1) is 18.7 Å². The summed E-state index contributed by atoms with van der Waals surface area (Å²) in [6.45, 7) is 8.39. The van der Waals surface area contributed by atoms with Crippen LogP contribution in [0.5, 0.6) is 0 Å². The zero-order valence-electron chi connectivity index (χ0n) is 11.2. The van der Waals surface area contributed by atoms with E-state index < -0.39 is 0 Å². The number of rotatable bonds is 7. The fraction of sp³-hybridized carbons (Fsp3) is 0.600. The van der Waals surface area contributed by atoms with Gasteiger partial charge in [-0.1, -0.05) is 26.0 Å². The Morgan fingerprint density at radius 3 is 2.71 bits per heavy atom. The quantitative estimate of drug-likeness (QED) is 0.713. The summed E-state index contributed by atoms with van der Waals surface area (Å²) >= 11 is 0. The molecule has 1 unspecified atom stereocenters. The first-order valence-electron chi connectivity index (χ1n) is 6.59. The summed E-state index contributed by atoms with van der Waals surface area (Å²) in [5.41, 5.74) is 2.00. The highest BCUT2D eigenvalue weighted by atomic mass is 19.1. The zero-order valence-corrected chi connectivity index (χ0v) is 11.2. The van der Waals surface area contributed by atoms with Crippen molar-refractivity contribution in [2.75, 3.05) is 13.1 Å². The van der Waals surface area contributed by atoms with Crippen molar-refractivity contribution in [1.82, 2.24) is 5.32 Å². The molecule has 1 N–H and O–H groups in total. The molecule has 0 amide bonds. The molecule has 0 heterocycles. The standard InChI is InChI=1S/C15H24FN/c1-4-17-10-9-12(2)5-6-14-7-8-15(16)13(3)11-14/h7-8,11-12,17H,4-6,9-10H2,1-3H3. The van der Waals surface area contributed by atoms with Crippen molar-refractivity contribution in [3.05, 3.63) is 35.1 Å². The highest BCUT2D eigenvalue weighted by Crippen LogP contribution is 2.15. The van der Waals surface area contributed by atoms with Crippen molar-refractivity contribution in [3.8, 4) is 0 Å². The van der Waals surface area contributed by atoms with E-state index in [4.69, 9.17) is 0 Å². The number of hydrogen-bond donors (Lipinski definition) is 1. The van der Waals surface area contributed by atoms with Gasteiger partial charge in [-0.2, -0.15) is 0 Å². The van der Waals surface area contributed by atoms with Crippen LogP contribution in [-0.4, -0.2) is 13.1 Å². The Hall–Kier alpha value is -0.890. The maximum atomic E-state index is 13.1. The molecule has 0 aliphatic rings. The van der Waals surface area contributed by atoms with Gasteiger partial charge < -0.3 is 5.32 Å². The number of benzene rings is 1. The average Bonchev–Trinajstić information content (AvgIpc) is 2.31. The molecule has 17 heavy (non-hydrogen) atoms. The van der Waals surface area contributed by atoms with E-state index in [0.717, 1.165) is 31.0 Å². The minimum absolute atomic E-state index is 0.103. The highest BCUT2D eigenvalue weighted by Gasteiger charge is 2.04. The summed E-state index contributed by atoms with van der Waals surface area (Å²) in [6, 6.07) is 5.44. The molecule has 1 aromatic rings. The lowest BCUT2D eigenvalue weighted by atomic mass is 9.97. The van der Waals surface area contributed by atoms with Crippen LogP contribution in [0.2, 0.25) is 0 Å². The van der Waals surface area contributed by atoms with E-state index in [-0.39, 0.29) is 5.82 Å². The molecule has 0 spiro atoms. The topological polar surface area (TPSA) is 12.0 Å². The van der Waals surface area contributed by atoms with Crippen LogP contribution in [0.3, 0.4) is 0 Å². The van der Waals surface area contributed by atoms with Gasteiger partial charge in [-0.25, -0.2) is 4.39 Å². The molecule has 1 rings (SSSR count). The van der Waals surface area contributed by atoms with E-state index in [1.807, 2.05) is 19.1 Å². The number of hydrogen-bond acceptors (Lipinski definition) is 1. The first-order chi connectivity index (χ1) is 8.13. The van der Waals surface area contributed by atoms with Gasteiger partial charge in [-0.3, -0.25) is 0 Å². The van der Waals surface area contributed by atoms with Gasteiger partial charge in [0.2, 0.25) is 0 Å². The molecular weight excluding hydrogens is 213 g/mol. The molecule has 0 aliphatic heterocycles. The fourth-order valence-electron chi connectivity index (χ4n) is 1.94. The van der Waals surface area contributed by atoms with Gasteiger partial charge >= 0.3 is 0 Å². The van der Waals surface area contributed by atoms with E-state index in [1.165, 1.54) is 18.4 Å². The van der Waals surface area contributed by atoms with Crippen molar-refractivity contribution in [2.45, 2.75) is 40.0 Å². The summed E-state index contributed by atoms with van der Waals surface area (Å²) in [6.07, 6.45) is 3.44. The molecule has 1 atom stereocenters. The number of nitrogens with one attached hydrogen (secondary N) is 1. The molecular formula is C15H24FN. The maximum absolute atomic E-state index is 13.1. The first kappa shape index (κ1) is 14.2. The molecule has 0 aromatic heterocycles. The minimum atomic E-state index is -0.103. The predicted molar refractivity (Wildman–Crippen MR) is 71.8 cm³/mol. The molecule has 0 saturated carbocycles. The predicted octanol–water partition coefficient (Wildman–Crippen LogP) is 3.70. The smallest absolute Gasteiger partial charge is 0.126 e. The molecule has 0 saturated heterocycles. The molecule has 0 bridgehead atoms. The van der Waals surface area contributed by atoms with E-state index in [2.05, 4.69) is 19.2 Å². The van der Waals surface area contributed by atoms with E-state index in [9.17, 15) is 4.39 Å². The van der Waals surface area contributed by atoms with Crippen molar-refractivity contribution >= 4 is 0 Å². The van der Waals surface area contributed by atoms with Crippen molar-refractivity contribution in [1.29, 1.82) is 0 Å². The summed E-state index contributed by atoms with van der Waals surface area (Å²) in [4.78, 5) is 0. The van der Waals surface area contributed by atoms with Gasteiger partial charge in [0.15, 0.2) is 0 Å². The van der Waals surface area contributed by atoms with E-state index >= 15 is 0 Å². The van der Waals surface area contributed by atoms with Crippen LogP contribution in [0.15, 0.2) is 18.2 Å². The molecule has 1 nitrogen and oxygen atoms in total. The third kappa shape index (κ3) is 5.31. The van der Waals surface area contributed by atoms with Gasteiger partial charge in [0.1, 0.15) is 5.82 Å². The summed E-state index contributed by atoms with van der Waals surface area (Å²) < 4.78 is 13.1. The van der Waals surface area contributed by atoms with Crippen LogP contribution in [-0.2, 0) is 6.42 Å². The largest absolute Gasteiger partial charge is 0.317 e. The van der Waals surface area contributed by atoms with Crippen molar-refractivity contribution in [3.63, 3.8) is 0 Å². The Kier molecular flexibility index (Phi) is 6.20. The normalized spacial score (nSPS) is 12.7. The zero-order chi connectivity index (χ0) is 12.7. The summed E-state index contributed by atoms with van der Waals surface area (Å²) in [7, 11) is 0. The molecule has 2 heteroatoms. The SMILES string of the molecule is CCNCCC(C)CCc1ccc(F)c(C)c1. The summed E-state index contributed by atoms with van der Waals surface area (Å²) in [5.74, 6) is 0.619. The molecule has 0 fully saturated rings. The molecule has 0 radical (unpaired) electrons. The maximum Gasteiger partial charge on any atom is 0.126 e. The minimum Gasteiger partial charge on any atom is -0.317 e. The lowest BCUT2D eigenvalue weighted by molar-refractivity contribution is 0.474. The monoisotopic (exact) mass is 237 g/mol. The van der Waals surface area contributed by atoms with Gasteiger partial charge in [0.05, 0.1) is 0 Å². The van der Waals surface area contributed by atoms with Gasteiger partial charge in [0.25, 0.3) is 0 Å². The fourth-order valence-corrected chi connectivity index (χ4v) is 1.94. The van der Waals surface area contributed by atoms with Gasteiger partial charge in [-0.15, -0.1) is 0 Å². The number of aryl methyl sites for hydroxylation is 2. The third-order valence-corrected chi connectivity index (χ3v) is 3.21. The third-order valence-electron chi connectivity index (χ3n) is 3.21. The molecule has 96 valence electrons. The van der Waals surface area contributed by atoms with Crippen LogP contribution in [0.4, 0.5) is 4.39 Å². The Morgan fingerprint density at radius 1 is 1.29 bits per heavy atom. The second kappa shape index (κ2) is 7.44. The average molecular weight is 237 g/mol. The Morgan fingerprint density at radius 2 is 2.06 bits per heavy atom. The van der Waals surface area contributed by atoms with Crippen LogP contribution in [0.1, 0.15) is 37.8 Å². The van der Waals surface area contributed by atoms with Crippen molar-refractivity contribution < 1.29 is 4.39 Å². The highest BCUT2D eigenvalue weighted by molar-refractivity contribution is 5.23. The first-order valence-corrected chi connectivity index (χ1v) is 6.59. The van der Waals surface area contributed by atoms with E-state index in [0.29, 0.717) is 0 Å². The second-order valence-electron chi connectivity index (χ2n) is 4.87. The lowest BCUT2D eigenvalue weighted by Gasteiger charge is -2.11. The van der Waals surface area contributed by atoms with Crippen LogP contribution >= 0.6 is 0 Å². The molecule has 0 aliphatic carbocycles.